The third-order valence-corrected chi connectivity index (χ3v) is 11.8. The van der Waals surface area contributed by atoms with Crippen molar-refractivity contribution in [3.05, 3.63) is 170 Å². The number of para-hydroxylation sites is 4. The fourth-order valence-electron chi connectivity index (χ4n) is 8.68. The van der Waals surface area contributed by atoms with E-state index in [9.17, 15) is 0 Å². The molecule has 51 heavy (non-hydrogen) atoms. The molecule has 0 saturated heterocycles. The Kier molecular flexibility index (Phi) is 6.34. The number of rotatable bonds is 3. The van der Waals surface area contributed by atoms with Crippen LogP contribution in [0.25, 0.3) is 11.0 Å². The van der Waals surface area contributed by atoms with E-state index in [2.05, 4.69) is 168 Å². The predicted molar refractivity (Wildman–Crippen MR) is 215 cm³/mol. The van der Waals surface area contributed by atoms with Crippen LogP contribution in [0.1, 0.15) is 0 Å². The van der Waals surface area contributed by atoms with Crippen LogP contribution in [-0.4, -0.2) is 23.4 Å². The molecule has 0 fully saturated rings. The van der Waals surface area contributed by atoms with Gasteiger partial charge in [0, 0.05) is 50.6 Å². The minimum atomic E-state index is -0.0192. The molecule has 236 valence electrons. The predicted octanol–water partition coefficient (Wildman–Crippen LogP) is 6.69. The Morgan fingerprint density at radius 3 is 1.88 bits per heavy atom. The molecule has 0 atom stereocenters. The van der Waals surface area contributed by atoms with Gasteiger partial charge in [-0.2, -0.15) is 0 Å². The van der Waals surface area contributed by atoms with Gasteiger partial charge in [0.15, 0.2) is 0 Å². The van der Waals surface area contributed by atoms with Crippen LogP contribution in [0.4, 0.5) is 34.1 Å². The minimum absolute atomic E-state index is 0.0192. The Balaban J connectivity index is 1.33. The van der Waals surface area contributed by atoms with Gasteiger partial charge in [0.25, 0.3) is 0 Å². The van der Waals surface area contributed by atoms with Crippen LogP contribution in [0.2, 0.25) is 0 Å². The standard InChI is InChI=1S/C44H28B2N4S/c1-3-14-29(15-4-1)45-31-18-7-11-23-36(31)50(37-24-13-21-34-43(37)48-27-26-47-34)38-28-40-42-44(41(38)45)49(30-16-5-2-6-17-30)35-22-10-8-19-32(35)46(42)33-20-9-12-25-39(33)51-40/h1-28H. The van der Waals surface area contributed by atoms with Gasteiger partial charge in [-0.05, 0) is 70.4 Å². The van der Waals surface area contributed by atoms with E-state index in [0.717, 1.165) is 28.1 Å². The second kappa shape index (κ2) is 11.2. The Morgan fingerprint density at radius 2 is 1.08 bits per heavy atom. The van der Waals surface area contributed by atoms with Crippen LogP contribution >= 0.6 is 11.8 Å². The average Bonchev–Trinajstić information content (AvgIpc) is 3.20. The molecule has 11 rings (SSSR count). The summed E-state index contributed by atoms with van der Waals surface area (Å²) in [4.78, 5) is 17.3. The van der Waals surface area contributed by atoms with Crippen LogP contribution in [0.15, 0.2) is 180 Å². The molecule has 0 aliphatic carbocycles. The molecule has 8 aromatic rings. The number of hydrogen-bond donors (Lipinski definition) is 0. The fourth-order valence-corrected chi connectivity index (χ4v) is 9.86. The highest BCUT2D eigenvalue weighted by molar-refractivity contribution is 8.00. The molecular weight excluding hydrogens is 638 g/mol. The van der Waals surface area contributed by atoms with E-state index >= 15 is 0 Å². The molecule has 4 heterocycles. The first kappa shape index (κ1) is 28.8. The van der Waals surface area contributed by atoms with Crippen molar-refractivity contribution in [3.8, 4) is 0 Å². The van der Waals surface area contributed by atoms with E-state index in [-0.39, 0.29) is 13.4 Å². The molecule has 0 N–H and O–H groups in total. The molecule has 3 aliphatic heterocycles. The van der Waals surface area contributed by atoms with E-state index in [0.29, 0.717) is 0 Å². The summed E-state index contributed by atoms with van der Waals surface area (Å²) in [5, 5.41) is 0. The molecule has 0 bridgehead atoms. The molecular formula is C44H28B2N4S. The molecule has 0 saturated carbocycles. The summed E-state index contributed by atoms with van der Waals surface area (Å²) < 4.78 is 0. The van der Waals surface area contributed by atoms with Crippen LogP contribution in [-0.2, 0) is 0 Å². The monoisotopic (exact) mass is 666 g/mol. The van der Waals surface area contributed by atoms with Crippen LogP contribution in [0.3, 0.4) is 0 Å². The highest BCUT2D eigenvalue weighted by Crippen LogP contribution is 2.47. The number of hydrogen-bond acceptors (Lipinski definition) is 5. The number of nitrogens with zero attached hydrogens (tertiary/aromatic N) is 4. The van der Waals surface area contributed by atoms with Crippen molar-refractivity contribution in [1.29, 1.82) is 0 Å². The highest BCUT2D eigenvalue weighted by Gasteiger charge is 2.47. The molecule has 7 aromatic carbocycles. The van der Waals surface area contributed by atoms with Crippen molar-refractivity contribution >= 4 is 103 Å². The van der Waals surface area contributed by atoms with Gasteiger partial charge < -0.3 is 9.80 Å². The minimum Gasteiger partial charge on any atom is -0.312 e. The largest absolute Gasteiger partial charge is 0.312 e. The summed E-state index contributed by atoms with van der Waals surface area (Å²) >= 11 is 1.89. The van der Waals surface area contributed by atoms with Crippen molar-refractivity contribution in [1.82, 2.24) is 9.97 Å². The first-order chi connectivity index (χ1) is 25.3. The molecule has 3 aliphatic rings. The lowest BCUT2D eigenvalue weighted by molar-refractivity contribution is 1.23. The smallest absolute Gasteiger partial charge is 0.249 e. The van der Waals surface area contributed by atoms with Gasteiger partial charge in [0.05, 0.1) is 11.2 Å². The Bertz CT molecular complexity index is 2660. The van der Waals surface area contributed by atoms with Gasteiger partial charge in [-0.25, -0.2) is 0 Å². The third kappa shape index (κ3) is 4.19. The van der Waals surface area contributed by atoms with E-state index < -0.39 is 0 Å². The zero-order valence-corrected chi connectivity index (χ0v) is 28.3. The highest BCUT2D eigenvalue weighted by atomic mass is 32.2. The van der Waals surface area contributed by atoms with Gasteiger partial charge in [-0.3, -0.25) is 9.97 Å². The molecule has 4 nitrogen and oxygen atoms in total. The Morgan fingerprint density at radius 1 is 0.451 bits per heavy atom. The maximum Gasteiger partial charge on any atom is 0.249 e. The van der Waals surface area contributed by atoms with Gasteiger partial charge in [-0.1, -0.05) is 132 Å². The lowest BCUT2D eigenvalue weighted by atomic mass is 9.31. The summed E-state index contributed by atoms with van der Waals surface area (Å²) in [5.41, 5.74) is 16.6. The fraction of sp³-hybridized carbons (Fsp3) is 0. The number of anilines is 6. The summed E-state index contributed by atoms with van der Waals surface area (Å²) in [5.74, 6) is 0. The van der Waals surface area contributed by atoms with Crippen molar-refractivity contribution in [2.45, 2.75) is 9.79 Å². The van der Waals surface area contributed by atoms with E-state index in [1.54, 1.807) is 12.4 Å². The maximum absolute atomic E-state index is 4.93. The lowest BCUT2D eigenvalue weighted by Crippen LogP contribution is -2.65. The number of aromatic nitrogens is 2. The van der Waals surface area contributed by atoms with Crippen LogP contribution < -0.4 is 42.6 Å². The topological polar surface area (TPSA) is 32.3 Å². The second-order valence-corrected chi connectivity index (χ2v) is 14.4. The first-order valence-corrected chi connectivity index (χ1v) is 18.2. The normalized spacial score (nSPS) is 13.6. The first-order valence-electron chi connectivity index (χ1n) is 17.4. The van der Waals surface area contributed by atoms with Gasteiger partial charge in [0.1, 0.15) is 5.52 Å². The van der Waals surface area contributed by atoms with Crippen LogP contribution in [0.5, 0.6) is 0 Å². The number of fused-ring (bicyclic) bond motifs is 8. The summed E-state index contributed by atoms with van der Waals surface area (Å²) in [6.07, 6.45) is 3.58. The van der Waals surface area contributed by atoms with E-state index in [4.69, 9.17) is 9.97 Å². The summed E-state index contributed by atoms with van der Waals surface area (Å²) in [6, 6.07) is 57.7. The quantitative estimate of drug-likeness (QED) is 0.196. The Hall–Kier alpha value is -6.04. The van der Waals surface area contributed by atoms with Gasteiger partial charge in [0.2, 0.25) is 13.4 Å². The zero-order valence-electron chi connectivity index (χ0n) is 27.5. The molecule has 1 aromatic heterocycles. The van der Waals surface area contributed by atoms with Crippen molar-refractivity contribution in [2.75, 3.05) is 9.80 Å². The van der Waals surface area contributed by atoms with Gasteiger partial charge in [-0.15, -0.1) is 0 Å². The summed E-state index contributed by atoms with van der Waals surface area (Å²) in [7, 11) is 0. The SMILES string of the molecule is c1ccc(B2c3ccccc3N(c3cccc4nccnc34)c3cc4c5c(c32)N(c2ccccc2)c2ccccc2B5c2ccccc2S4)cc1. The lowest BCUT2D eigenvalue weighted by Gasteiger charge is -2.46. The van der Waals surface area contributed by atoms with Gasteiger partial charge >= 0.3 is 0 Å². The maximum atomic E-state index is 4.93. The number of benzene rings is 7. The van der Waals surface area contributed by atoms with Crippen molar-refractivity contribution < 1.29 is 0 Å². The van der Waals surface area contributed by atoms with E-state index in [1.807, 2.05) is 11.8 Å². The second-order valence-electron chi connectivity index (χ2n) is 13.3. The van der Waals surface area contributed by atoms with Crippen LogP contribution in [0, 0.1) is 0 Å². The molecule has 0 amide bonds. The Labute approximate surface area is 301 Å². The van der Waals surface area contributed by atoms with Crippen molar-refractivity contribution in [3.63, 3.8) is 0 Å². The molecule has 0 unspecified atom stereocenters. The third-order valence-electron chi connectivity index (χ3n) is 10.7. The average molecular weight is 666 g/mol. The summed E-state index contributed by atoms with van der Waals surface area (Å²) in [6.45, 7) is 0.0775. The molecule has 0 radical (unpaired) electrons. The van der Waals surface area contributed by atoms with Crippen molar-refractivity contribution in [2.24, 2.45) is 0 Å². The molecule has 0 spiro atoms. The zero-order chi connectivity index (χ0) is 33.5. The van der Waals surface area contributed by atoms with E-state index in [1.165, 1.54) is 59.6 Å². The molecule has 7 heteroatoms.